The van der Waals surface area contributed by atoms with Crippen molar-refractivity contribution in [1.82, 2.24) is 14.9 Å². The topological polar surface area (TPSA) is 79.3 Å². The molecule has 2 heterocycles. The summed E-state index contributed by atoms with van der Waals surface area (Å²) >= 11 is 0. The number of nitrogens with zero attached hydrogens (tertiary/aromatic N) is 1. The number of aromatic nitrogens is 2. The third kappa shape index (κ3) is 5.69. The summed E-state index contributed by atoms with van der Waals surface area (Å²) in [6.07, 6.45) is 7.38. The SMILES string of the molecule is COc1ccc(C(=O)/C=C/c2cn(C[C@H](O)CNCCc3c[nH]c4ccc(F)cc34)c3ccccc23)cc1. The van der Waals surface area contributed by atoms with Crippen LogP contribution in [-0.2, 0) is 13.0 Å². The van der Waals surface area contributed by atoms with Gasteiger partial charge in [0.25, 0.3) is 0 Å². The van der Waals surface area contributed by atoms with E-state index >= 15 is 0 Å². The maximum Gasteiger partial charge on any atom is 0.185 e. The van der Waals surface area contributed by atoms with Crippen molar-refractivity contribution >= 4 is 33.7 Å². The van der Waals surface area contributed by atoms with Crippen molar-refractivity contribution in [3.8, 4) is 5.75 Å². The Morgan fingerprint density at radius 3 is 2.76 bits per heavy atom. The van der Waals surface area contributed by atoms with Gasteiger partial charge >= 0.3 is 0 Å². The molecule has 0 aliphatic rings. The van der Waals surface area contributed by atoms with Crippen molar-refractivity contribution in [1.29, 1.82) is 0 Å². The van der Waals surface area contributed by atoms with Crippen molar-refractivity contribution in [2.75, 3.05) is 20.2 Å². The fourth-order valence-corrected chi connectivity index (χ4v) is 4.72. The van der Waals surface area contributed by atoms with E-state index in [1.165, 1.54) is 6.07 Å². The summed E-state index contributed by atoms with van der Waals surface area (Å²) in [5.41, 5.74) is 4.44. The maximum atomic E-state index is 13.6. The molecule has 0 aliphatic heterocycles. The minimum atomic E-state index is -0.607. The Labute approximate surface area is 220 Å². The second-order valence-electron chi connectivity index (χ2n) is 9.29. The number of methoxy groups -OCH3 is 1. The molecule has 0 bridgehead atoms. The Morgan fingerprint density at radius 2 is 1.95 bits per heavy atom. The summed E-state index contributed by atoms with van der Waals surface area (Å²) in [7, 11) is 1.59. The fourth-order valence-electron chi connectivity index (χ4n) is 4.72. The van der Waals surface area contributed by atoms with Gasteiger partial charge in [0.2, 0.25) is 0 Å². The molecule has 0 amide bonds. The molecule has 0 unspecified atom stereocenters. The number of allylic oxidation sites excluding steroid dienone is 1. The van der Waals surface area contributed by atoms with Gasteiger partial charge in [0, 0.05) is 58.4 Å². The molecule has 1 atom stereocenters. The third-order valence-corrected chi connectivity index (χ3v) is 6.70. The fraction of sp³-hybridized carbons (Fsp3) is 0.194. The number of hydrogen-bond donors (Lipinski definition) is 3. The number of carbonyl (C=O) groups excluding carboxylic acids is 1. The van der Waals surface area contributed by atoms with Gasteiger partial charge in [-0.2, -0.15) is 0 Å². The number of ether oxygens (including phenoxy) is 1. The van der Waals surface area contributed by atoms with Crippen LogP contribution >= 0.6 is 0 Å². The Bertz CT molecular complexity index is 1580. The van der Waals surface area contributed by atoms with E-state index in [0.717, 1.165) is 39.4 Å². The summed E-state index contributed by atoms with van der Waals surface area (Å²) in [5, 5.41) is 15.9. The van der Waals surface area contributed by atoms with Crippen LogP contribution in [0.15, 0.2) is 85.2 Å². The first kappa shape index (κ1) is 25.4. The average Bonchev–Trinajstić information content (AvgIpc) is 3.50. The number of nitrogens with one attached hydrogen (secondary N) is 2. The quantitative estimate of drug-likeness (QED) is 0.127. The minimum absolute atomic E-state index is 0.0911. The highest BCUT2D eigenvalue weighted by Crippen LogP contribution is 2.24. The number of aliphatic hydroxyl groups is 1. The summed E-state index contributed by atoms with van der Waals surface area (Å²) in [5.74, 6) is 0.363. The van der Waals surface area contributed by atoms with E-state index in [2.05, 4.69) is 10.3 Å². The number of rotatable bonds is 11. The first-order valence-corrected chi connectivity index (χ1v) is 12.6. The summed E-state index contributed by atoms with van der Waals surface area (Å²) < 4.78 is 20.8. The number of benzene rings is 3. The molecular formula is C31H30FN3O3. The number of fused-ring (bicyclic) bond motifs is 2. The first-order valence-electron chi connectivity index (χ1n) is 12.6. The smallest absolute Gasteiger partial charge is 0.185 e. The molecule has 0 radical (unpaired) electrons. The van der Waals surface area contributed by atoms with Crippen molar-refractivity contribution in [2.24, 2.45) is 0 Å². The molecule has 6 nitrogen and oxygen atoms in total. The largest absolute Gasteiger partial charge is 0.497 e. The van der Waals surface area contributed by atoms with Crippen LogP contribution in [-0.4, -0.2) is 46.7 Å². The number of para-hydroxylation sites is 1. The zero-order valence-corrected chi connectivity index (χ0v) is 21.2. The molecule has 3 N–H and O–H groups in total. The summed E-state index contributed by atoms with van der Waals surface area (Å²) in [6.45, 7) is 1.49. The molecule has 5 aromatic rings. The number of hydrogen-bond acceptors (Lipinski definition) is 4. The predicted molar refractivity (Wildman–Crippen MR) is 149 cm³/mol. The molecule has 0 fully saturated rings. The summed E-state index contributed by atoms with van der Waals surface area (Å²) in [6, 6.07) is 19.7. The normalized spacial score (nSPS) is 12.5. The van der Waals surface area contributed by atoms with Crippen LogP contribution in [0.3, 0.4) is 0 Å². The van der Waals surface area contributed by atoms with E-state index in [9.17, 15) is 14.3 Å². The van der Waals surface area contributed by atoms with E-state index in [1.54, 1.807) is 49.6 Å². The monoisotopic (exact) mass is 511 g/mol. The van der Waals surface area contributed by atoms with Gasteiger partial charge in [-0.3, -0.25) is 4.79 Å². The number of aliphatic hydroxyl groups excluding tert-OH is 1. The van der Waals surface area contributed by atoms with Crippen LogP contribution in [0.1, 0.15) is 21.5 Å². The summed E-state index contributed by atoms with van der Waals surface area (Å²) in [4.78, 5) is 15.8. The number of carbonyl (C=O) groups is 1. The van der Waals surface area contributed by atoms with E-state index in [1.807, 2.05) is 47.3 Å². The molecule has 0 spiro atoms. The highest BCUT2D eigenvalue weighted by atomic mass is 19.1. The maximum absolute atomic E-state index is 13.6. The standard InChI is InChI=1S/C31H30FN3O3/c1-38-26-10-6-21(7-11-26)31(37)13-8-23-19-35(30-5-3-2-4-27(23)30)20-25(36)18-33-15-14-22-17-34-29-12-9-24(32)16-28(22)29/h2-13,16-17,19,25,33-34,36H,14-15,18,20H2,1H3/b13-8+/t25-/m1/s1. The number of H-pyrrole nitrogens is 1. The lowest BCUT2D eigenvalue weighted by atomic mass is 10.1. The second-order valence-corrected chi connectivity index (χ2v) is 9.29. The van der Waals surface area contributed by atoms with E-state index in [-0.39, 0.29) is 11.6 Å². The van der Waals surface area contributed by atoms with Gasteiger partial charge in [-0.1, -0.05) is 18.2 Å². The molecule has 0 saturated carbocycles. The lowest BCUT2D eigenvalue weighted by molar-refractivity contribution is 0.104. The van der Waals surface area contributed by atoms with E-state index < -0.39 is 6.10 Å². The van der Waals surface area contributed by atoms with Crippen molar-refractivity contribution in [2.45, 2.75) is 19.1 Å². The van der Waals surface area contributed by atoms with Crippen LogP contribution in [0, 0.1) is 5.82 Å². The van der Waals surface area contributed by atoms with Crippen molar-refractivity contribution in [3.05, 3.63) is 108 Å². The van der Waals surface area contributed by atoms with Crippen LogP contribution in [0.2, 0.25) is 0 Å². The van der Waals surface area contributed by atoms with Crippen LogP contribution < -0.4 is 10.1 Å². The molecule has 7 heteroatoms. The Hall–Kier alpha value is -4.20. The predicted octanol–water partition coefficient (Wildman–Crippen LogP) is 5.36. The van der Waals surface area contributed by atoms with E-state index in [0.29, 0.717) is 30.9 Å². The highest BCUT2D eigenvalue weighted by Gasteiger charge is 2.12. The van der Waals surface area contributed by atoms with Crippen LogP contribution in [0.4, 0.5) is 4.39 Å². The second kappa shape index (κ2) is 11.5. The van der Waals surface area contributed by atoms with Gasteiger partial charge in [0.15, 0.2) is 5.78 Å². The van der Waals surface area contributed by atoms with E-state index in [4.69, 9.17) is 4.74 Å². The van der Waals surface area contributed by atoms with Gasteiger partial charge in [0.1, 0.15) is 11.6 Å². The molecule has 194 valence electrons. The Balaban J connectivity index is 1.20. The Morgan fingerprint density at radius 1 is 1.13 bits per heavy atom. The van der Waals surface area contributed by atoms with Gasteiger partial charge in [0.05, 0.1) is 13.2 Å². The molecule has 5 rings (SSSR count). The van der Waals surface area contributed by atoms with Crippen LogP contribution in [0.25, 0.3) is 27.9 Å². The van der Waals surface area contributed by atoms with Crippen LogP contribution in [0.5, 0.6) is 5.75 Å². The number of aromatic amines is 1. The first-order chi connectivity index (χ1) is 18.5. The zero-order chi connectivity index (χ0) is 26.5. The number of halogens is 1. The molecule has 3 aromatic carbocycles. The van der Waals surface area contributed by atoms with Crippen molar-refractivity contribution < 1.29 is 19.0 Å². The number of ketones is 1. The van der Waals surface area contributed by atoms with Gasteiger partial charge < -0.3 is 24.7 Å². The third-order valence-electron chi connectivity index (χ3n) is 6.70. The van der Waals surface area contributed by atoms with Crippen molar-refractivity contribution in [3.63, 3.8) is 0 Å². The molecule has 38 heavy (non-hydrogen) atoms. The minimum Gasteiger partial charge on any atom is -0.497 e. The highest BCUT2D eigenvalue weighted by molar-refractivity contribution is 6.07. The Kier molecular flexibility index (Phi) is 7.67. The molecular weight excluding hydrogens is 481 g/mol. The van der Waals surface area contributed by atoms with Gasteiger partial charge in [-0.05, 0) is 79.2 Å². The lowest BCUT2D eigenvalue weighted by Gasteiger charge is -2.13. The van der Waals surface area contributed by atoms with Gasteiger partial charge in [-0.25, -0.2) is 4.39 Å². The zero-order valence-electron chi connectivity index (χ0n) is 21.2. The molecule has 0 saturated heterocycles. The average molecular weight is 512 g/mol. The molecule has 2 aromatic heterocycles. The molecule has 0 aliphatic carbocycles. The van der Waals surface area contributed by atoms with Gasteiger partial charge in [-0.15, -0.1) is 0 Å². The lowest BCUT2D eigenvalue weighted by Crippen LogP contribution is -2.31.